The first-order chi connectivity index (χ1) is 16.1. The molecule has 0 radical (unpaired) electrons. The molecule has 3 aromatic rings. The molecule has 9 heteroatoms. The van der Waals surface area contributed by atoms with Gasteiger partial charge < -0.3 is 20.5 Å². The Hall–Kier alpha value is -3.46. The first kappa shape index (κ1) is 21.4. The summed E-state index contributed by atoms with van der Waals surface area (Å²) in [5, 5.41) is 16.4. The molecule has 0 unspecified atom stereocenters. The maximum absolute atomic E-state index is 14.4. The van der Waals surface area contributed by atoms with Crippen molar-refractivity contribution in [3.05, 3.63) is 54.1 Å². The van der Waals surface area contributed by atoms with Crippen molar-refractivity contribution in [2.75, 3.05) is 17.7 Å². The zero-order chi connectivity index (χ0) is 22.8. The summed E-state index contributed by atoms with van der Waals surface area (Å²) in [4.78, 5) is 13.9. The molecule has 0 spiro atoms. The summed E-state index contributed by atoms with van der Waals surface area (Å²) in [5.41, 5.74) is 2.56. The molecule has 1 aromatic carbocycles. The zero-order valence-corrected chi connectivity index (χ0v) is 18.5. The molecule has 33 heavy (non-hydrogen) atoms. The Morgan fingerprint density at radius 1 is 1.03 bits per heavy atom. The van der Waals surface area contributed by atoms with E-state index in [-0.39, 0.29) is 18.0 Å². The van der Waals surface area contributed by atoms with E-state index in [1.165, 1.54) is 0 Å². The van der Waals surface area contributed by atoms with E-state index in [4.69, 9.17) is 14.7 Å². The maximum atomic E-state index is 14.4. The van der Waals surface area contributed by atoms with Crippen LogP contribution in [0.4, 0.5) is 22.0 Å². The fourth-order valence-electron chi connectivity index (χ4n) is 4.38. The van der Waals surface area contributed by atoms with Gasteiger partial charge in [0.2, 0.25) is 11.9 Å². The van der Waals surface area contributed by atoms with Gasteiger partial charge in [-0.15, -0.1) is 0 Å². The Labute approximate surface area is 191 Å². The lowest BCUT2D eigenvalue weighted by Gasteiger charge is -2.28. The number of anilines is 3. The van der Waals surface area contributed by atoms with Gasteiger partial charge in [-0.05, 0) is 68.9 Å². The minimum Gasteiger partial charge on any atom is -0.497 e. The summed E-state index contributed by atoms with van der Waals surface area (Å²) in [7, 11) is 1.63. The number of fused-ring (bicyclic) bond motifs is 1. The third-order valence-electron chi connectivity index (χ3n) is 6.15. The van der Waals surface area contributed by atoms with Gasteiger partial charge in [-0.1, -0.05) is 6.08 Å². The predicted octanol–water partition coefficient (Wildman–Crippen LogP) is 5.00. The Kier molecular flexibility index (Phi) is 5.95. The number of methoxy groups -OCH3 is 1. The number of aliphatic hydroxyl groups is 1. The topological polar surface area (TPSA) is 97.1 Å². The van der Waals surface area contributed by atoms with E-state index in [1.54, 1.807) is 19.4 Å². The van der Waals surface area contributed by atoms with E-state index in [9.17, 15) is 9.50 Å². The molecule has 0 aliphatic heterocycles. The highest BCUT2D eigenvalue weighted by atomic mass is 19.1. The van der Waals surface area contributed by atoms with Gasteiger partial charge >= 0.3 is 0 Å². The summed E-state index contributed by atoms with van der Waals surface area (Å²) in [6.45, 7) is 0. The number of rotatable bonds is 6. The smallest absolute Gasteiger partial charge is 0.229 e. The van der Waals surface area contributed by atoms with Gasteiger partial charge in [0.05, 0.1) is 25.1 Å². The van der Waals surface area contributed by atoms with Crippen molar-refractivity contribution >= 4 is 28.7 Å². The summed E-state index contributed by atoms with van der Waals surface area (Å²) >= 11 is 0. The zero-order valence-electron chi connectivity index (χ0n) is 18.5. The highest BCUT2D eigenvalue weighted by Gasteiger charge is 2.27. The van der Waals surface area contributed by atoms with Crippen LogP contribution >= 0.6 is 0 Å². The number of allylic oxidation sites excluding steroid dienone is 3. The third-order valence-corrected chi connectivity index (χ3v) is 6.15. The molecule has 2 aliphatic carbocycles. The molecule has 3 N–H and O–H groups in total. The molecule has 2 aliphatic rings. The molecule has 0 atom stereocenters. The van der Waals surface area contributed by atoms with E-state index in [2.05, 4.69) is 15.6 Å². The highest BCUT2D eigenvalue weighted by Crippen LogP contribution is 2.35. The Morgan fingerprint density at radius 3 is 2.52 bits per heavy atom. The van der Waals surface area contributed by atoms with Gasteiger partial charge in [0.1, 0.15) is 17.1 Å². The van der Waals surface area contributed by atoms with Gasteiger partial charge in [0.15, 0.2) is 5.65 Å². The van der Waals surface area contributed by atoms with Gasteiger partial charge in [-0.3, -0.25) is 4.57 Å². The SMILES string of the molecule is COc1ccc(Nc2ncc3nc(NC4=CCCC=C4F)n(C4CCC(O)CC4)c3n2)cc1. The van der Waals surface area contributed by atoms with Crippen molar-refractivity contribution < 1.29 is 14.2 Å². The average molecular weight is 451 g/mol. The van der Waals surface area contributed by atoms with Crippen LogP contribution in [0.15, 0.2) is 54.1 Å². The number of benzene rings is 1. The quantitative estimate of drug-likeness (QED) is 0.486. The molecule has 0 saturated heterocycles. The number of ether oxygens (including phenoxy) is 1. The summed E-state index contributed by atoms with van der Waals surface area (Å²) in [6.07, 6.45) is 9.32. The van der Waals surface area contributed by atoms with Crippen LogP contribution in [-0.2, 0) is 0 Å². The molecule has 8 nitrogen and oxygen atoms in total. The van der Waals surface area contributed by atoms with E-state index in [0.29, 0.717) is 48.0 Å². The van der Waals surface area contributed by atoms with Crippen LogP contribution in [0.2, 0.25) is 0 Å². The molecule has 1 saturated carbocycles. The van der Waals surface area contributed by atoms with Crippen molar-refractivity contribution in [3.8, 4) is 5.75 Å². The van der Waals surface area contributed by atoms with Gasteiger partial charge in [0, 0.05) is 11.7 Å². The van der Waals surface area contributed by atoms with Gasteiger partial charge in [-0.2, -0.15) is 4.98 Å². The number of imidazole rings is 1. The second-order valence-corrected chi connectivity index (χ2v) is 8.40. The largest absolute Gasteiger partial charge is 0.497 e. The number of nitrogens with one attached hydrogen (secondary N) is 2. The van der Waals surface area contributed by atoms with Crippen LogP contribution in [0.3, 0.4) is 0 Å². The molecule has 2 aromatic heterocycles. The number of aromatic nitrogens is 4. The second kappa shape index (κ2) is 9.19. The third kappa shape index (κ3) is 4.54. The lowest BCUT2D eigenvalue weighted by atomic mass is 9.93. The van der Waals surface area contributed by atoms with E-state index in [0.717, 1.165) is 30.7 Å². The summed E-state index contributed by atoms with van der Waals surface area (Å²) < 4.78 is 21.6. The van der Waals surface area contributed by atoms with Crippen LogP contribution in [0.1, 0.15) is 44.6 Å². The fraction of sp³-hybridized carbons (Fsp3) is 0.375. The molecular formula is C24H27FN6O2. The lowest BCUT2D eigenvalue weighted by Crippen LogP contribution is -2.22. The minimum absolute atomic E-state index is 0.0980. The Balaban J connectivity index is 1.51. The number of hydrogen-bond acceptors (Lipinski definition) is 7. The molecule has 0 bridgehead atoms. The van der Waals surface area contributed by atoms with Gasteiger partial charge in [-0.25, -0.2) is 14.4 Å². The van der Waals surface area contributed by atoms with Crippen molar-refractivity contribution in [3.63, 3.8) is 0 Å². The normalized spacial score (nSPS) is 20.8. The molecule has 1 fully saturated rings. The average Bonchev–Trinajstić information content (AvgIpc) is 3.19. The van der Waals surface area contributed by atoms with E-state index < -0.39 is 0 Å². The minimum atomic E-state index is -0.282. The first-order valence-electron chi connectivity index (χ1n) is 11.3. The Bertz CT molecular complexity index is 1200. The summed E-state index contributed by atoms with van der Waals surface area (Å²) in [5.74, 6) is 1.48. The lowest BCUT2D eigenvalue weighted by molar-refractivity contribution is 0.112. The van der Waals surface area contributed by atoms with Crippen molar-refractivity contribution in [1.82, 2.24) is 19.5 Å². The van der Waals surface area contributed by atoms with Crippen molar-refractivity contribution in [2.45, 2.75) is 50.7 Å². The van der Waals surface area contributed by atoms with Gasteiger partial charge in [0.25, 0.3) is 0 Å². The van der Waals surface area contributed by atoms with E-state index in [1.807, 2.05) is 34.9 Å². The number of nitrogens with zero attached hydrogens (tertiary/aromatic N) is 4. The monoisotopic (exact) mass is 450 g/mol. The maximum Gasteiger partial charge on any atom is 0.229 e. The molecule has 172 valence electrons. The molecule has 2 heterocycles. The van der Waals surface area contributed by atoms with Crippen LogP contribution < -0.4 is 15.4 Å². The highest BCUT2D eigenvalue weighted by molar-refractivity contribution is 5.76. The van der Waals surface area contributed by atoms with E-state index >= 15 is 0 Å². The molecule has 0 amide bonds. The number of hydrogen-bond donors (Lipinski definition) is 3. The Morgan fingerprint density at radius 2 is 1.79 bits per heavy atom. The number of halogens is 1. The molecular weight excluding hydrogens is 423 g/mol. The summed E-state index contributed by atoms with van der Waals surface area (Å²) in [6, 6.07) is 7.61. The molecule has 5 rings (SSSR count). The predicted molar refractivity (Wildman–Crippen MR) is 125 cm³/mol. The first-order valence-corrected chi connectivity index (χ1v) is 11.3. The second-order valence-electron chi connectivity index (χ2n) is 8.40. The number of aliphatic hydroxyl groups excluding tert-OH is 1. The fourth-order valence-corrected chi connectivity index (χ4v) is 4.38. The van der Waals surface area contributed by atoms with Crippen LogP contribution in [0, 0.1) is 0 Å². The van der Waals surface area contributed by atoms with Crippen LogP contribution in [0.5, 0.6) is 5.75 Å². The van der Waals surface area contributed by atoms with Crippen LogP contribution in [-0.4, -0.2) is 37.8 Å². The van der Waals surface area contributed by atoms with Crippen molar-refractivity contribution in [2.24, 2.45) is 0 Å². The van der Waals surface area contributed by atoms with Crippen molar-refractivity contribution in [1.29, 1.82) is 0 Å². The standard InChI is InChI=1S/C24H27FN6O2/c1-33-18-12-6-15(7-13-18)27-23-26-14-21-22(30-23)31(16-8-10-17(32)11-9-16)24(29-21)28-20-5-3-2-4-19(20)25/h4-7,12-14,16-17,32H,2-3,8-11H2,1H3,(H,28,29)(H,26,27,30). The van der Waals surface area contributed by atoms with Crippen LogP contribution in [0.25, 0.3) is 11.2 Å².